The number of amides is 1. The minimum Gasteiger partial charge on any atom is -0.336 e. The maximum Gasteiger partial charge on any atom is 0.283 e. The van der Waals surface area contributed by atoms with Crippen molar-refractivity contribution >= 4 is 56.1 Å². The van der Waals surface area contributed by atoms with Gasteiger partial charge in [0.1, 0.15) is 15.9 Å². The van der Waals surface area contributed by atoms with Crippen LogP contribution >= 0.6 is 23.5 Å². The van der Waals surface area contributed by atoms with Gasteiger partial charge in [-0.15, -0.1) is 11.8 Å². The number of rotatable bonds is 5. The summed E-state index contributed by atoms with van der Waals surface area (Å²) in [5.74, 6) is -0.362. The van der Waals surface area contributed by atoms with E-state index in [9.17, 15) is 23.3 Å². The van der Waals surface area contributed by atoms with Crippen molar-refractivity contribution in [2.24, 2.45) is 0 Å². The van der Waals surface area contributed by atoms with Crippen LogP contribution < -0.4 is 0 Å². The molecule has 0 saturated carbocycles. The van der Waals surface area contributed by atoms with Crippen molar-refractivity contribution < 1.29 is 18.1 Å². The Morgan fingerprint density at radius 2 is 1.90 bits per heavy atom. The lowest BCUT2D eigenvalue weighted by Crippen LogP contribution is -2.50. The van der Waals surface area contributed by atoms with Gasteiger partial charge in [0, 0.05) is 37.8 Å². The number of piperazine rings is 1. The average Bonchev–Trinajstić information content (AvgIpc) is 3.27. The highest BCUT2D eigenvalue weighted by Crippen LogP contribution is 2.29. The number of thioether (sulfide) groups is 1. The van der Waals surface area contributed by atoms with Gasteiger partial charge in [-0.25, -0.2) is 8.42 Å². The van der Waals surface area contributed by atoms with Crippen molar-refractivity contribution in [3.63, 3.8) is 0 Å². The van der Waals surface area contributed by atoms with Gasteiger partial charge in [-0.1, -0.05) is 6.07 Å². The molecule has 3 aromatic rings. The van der Waals surface area contributed by atoms with Gasteiger partial charge in [0.2, 0.25) is 10.0 Å². The van der Waals surface area contributed by atoms with Crippen LogP contribution in [0.15, 0.2) is 46.2 Å². The number of carbonyl (C=O) groups is 1. The Hall–Kier alpha value is -2.61. The first-order valence-electron chi connectivity index (χ1n) is 9.16. The number of nitro groups is 1. The number of carbonyl (C=O) groups excluding carboxylic acids is 1. The summed E-state index contributed by atoms with van der Waals surface area (Å²) >= 11 is 2.19. The predicted molar refractivity (Wildman–Crippen MR) is 117 cm³/mol. The summed E-state index contributed by atoms with van der Waals surface area (Å²) in [7, 11) is -3.79. The Bertz CT molecular complexity index is 1270. The molecule has 0 aliphatic carbocycles. The highest BCUT2D eigenvalue weighted by atomic mass is 32.2. The maximum absolute atomic E-state index is 13.1. The molecule has 0 bridgehead atoms. The molecule has 2 heterocycles. The van der Waals surface area contributed by atoms with Crippen molar-refractivity contribution in [2.75, 3.05) is 32.4 Å². The number of nitro benzene ring substituents is 1. The molecule has 0 spiro atoms. The third-order valence-electron chi connectivity index (χ3n) is 5.02. The molecule has 1 aliphatic rings. The first kappa shape index (κ1) is 21.6. The molecule has 0 unspecified atom stereocenters. The van der Waals surface area contributed by atoms with E-state index in [1.54, 1.807) is 30.5 Å². The maximum atomic E-state index is 13.1. The van der Waals surface area contributed by atoms with E-state index in [0.717, 1.165) is 11.7 Å². The Balaban J connectivity index is 1.51. The summed E-state index contributed by atoms with van der Waals surface area (Å²) in [5.41, 5.74) is 0.950. The molecule has 1 saturated heterocycles. The van der Waals surface area contributed by atoms with E-state index < -0.39 is 14.9 Å². The van der Waals surface area contributed by atoms with E-state index in [1.165, 1.54) is 33.1 Å². The van der Waals surface area contributed by atoms with Crippen molar-refractivity contribution in [3.05, 3.63) is 52.1 Å². The minimum absolute atomic E-state index is 0.0989. The first-order chi connectivity index (χ1) is 14.8. The van der Waals surface area contributed by atoms with E-state index in [-0.39, 0.29) is 48.2 Å². The second-order valence-electron chi connectivity index (χ2n) is 6.73. The number of fused-ring (bicyclic) bond motifs is 1. The second-order valence-corrected chi connectivity index (χ2v) is 10.0. The van der Waals surface area contributed by atoms with Gasteiger partial charge in [0.15, 0.2) is 0 Å². The molecule has 31 heavy (non-hydrogen) atoms. The fourth-order valence-electron chi connectivity index (χ4n) is 3.41. The van der Waals surface area contributed by atoms with Crippen LogP contribution in [-0.4, -0.2) is 69.6 Å². The monoisotopic (exact) mass is 479 g/mol. The number of benzene rings is 2. The smallest absolute Gasteiger partial charge is 0.283 e. The average molecular weight is 480 g/mol. The van der Waals surface area contributed by atoms with Gasteiger partial charge in [-0.05, 0) is 30.5 Å². The van der Waals surface area contributed by atoms with Gasteiger partial charge in [0.05, 0.1) is 21.5 Å². The Morgan fingerprint density at radius 3 is 2.58 bits per heavy atom. The molecular weight excluding hydrogens is 462 g/mol. The normalized spacial score (nSPS) is 15.3. The number of hydrogen-bond acceptors (Lipinski definition) is 9. The summed E-state index contributed by atoms with van der Waals surface area (Å²) in [6.45, 7) is 0.600. The van der Waals surface area contributed by atoms with Crippen molar-refractivity contribution in [3.8, 4) is 0 Å². The van der Waals surface area contributed by atoms with Crippen LogP contribution in [0, 0.1) is 10.1 Å². The molecular formula is C18H17N5O5S3. The Kier molecular flexibility index (Phi) is 5.92. The topological polar surface area (TPSA) is 127 Å². The summed E-state index contributed by atoms with van der Waals surface area (Å²) in [6.07, 6.45) is 1.73. The van der Waals surface area contributed by atoms with Crippen LogP contribution in [0.1, 0.15) is 10.4 Å². The third kappa shape index (κ3) is 4.01. The fourth-order valence-corrected chi connectivity index (χ4v) is 6.13. The molecule has 1 fully saturated rings. The standard InChI is InChI=1S/C18H17N5O5S3/c1-29-15-6-5-12(11-14(15)23(25)26)18(24)21-7-9-22(10-8-21)31(27,28)16-4-2-3-13-17(16)20-30-19-13/h2-6,11H,7-10H2,1H3. The van der Waals surface area contributed by atoms with E-state index in [4.69, 9.17) is 0 Å². The molecule has 2 aromatic carbocycles. The number of sulfonamides is 1. The predicted octanol–water partition coefficient (Wildman–Crippen LogP) is 2.47. The summed E-state index contributed by atoms with van der Waals surface area (Å²) in [4.78, 5) is 25.7. The van der Waals surface area contributed by atoms with Crippen LogP contribution in [-0.2, 0) is 10.0 Å². The van der Waals surface area contributed by atoms with Crippen LogP contribution in [0.3, 0.4) is 0 Å². The van der Waals surface area contributed by atoms with Gasteiger partial charge in [-0.2, -0.15) is 13.1 Å². The van der Waals surface area contributed by atoms with Crippen molar-refractivity contribution in [2.45, 2.75) is 9.79 Å². The lowest BCUT2D eigenvalue weighted by Gasteiger charge is -2.34. The number of nitrogens with zero attached hydrogens (tertiary/aromatic N) is 5. The fraction of sp³-hybridized carbons (Fsp3) is 0.278. The van der Waals surface area contributed by atoms with Crippen LogP contribution in [0.4, 0.5) is 5.69 Å². The largest absolute Gasteiger partial charge is 0.336 e. The lowest BCUT2D eigenvalue weighted by molar-refractivity contribution is -0.387. The van der Waals surface area contributed by atoms with E-state index in [1.807, 2.05) is 0 Å². The molecule has 1 aliphatic heterocycles. The molecule has 0 atom stereocenters. The molecule has 1 amide bonds. The van der Waals surface area contributed by atoms with Crippen LogP contribution in [0.5, 0.6) is 0 Å². The summed E-state index contributed by atoms with van der Waals surface area (Å²) in [6, 6.07) is 9.22. The lowest BCUT2D eigenvalue weighted by atomic mass is 10.1. The zero-order valence-corrected chi connectivity index (χ0v) is 18.7. The second kappa shape index (κ2) is 8.49. The third-order valence-corrected chi connectivity index (χ3v) is 8.27. The van der Waals surface area contributed by atoms with Crippen molar-refractivity contribution in [1.29, 1.82) is 0 Å². The highest BCUT2D eigenvalue weighted by Gasteiger charge is 2.32. The highest BCUT2D eigenvalue weighted by molar-refractivity contribution is 7.98. The summed E-state index contributed by atoms with van der Waals surface area (Å²) in [5, 5.41) is 11.3. The molecule has 13 heteroatoms. The first-order valence-corrected chi connectivity index (χ1v) is 12.6. The van der Waals surface area contributed by atoms with Gasteiger partial charge in [0.25, 0.3) is 11.6 Å². The number of aromatic nitrogens is 2. The molecule has 0 N–H and O–H groups in total. The molecule has 0 radical (unpaired) electrons. The van der Waals surface area contributed by atoms with Crippen LogP contribution in [0.2, 0.25) is 0 Å². The molecule has 4 rings (SSSR count). The number of hydrogen-bond donors (Lipinski definition) is 0. The SMILES string of the molecule is CSc1ccc(C(=O)N2CCN(S(=O)(=O)c3cccc4nsnc34)CC2)cc1[N+](=O)[O-]. The van der Waals surface area contributed by atoms with Gasteiger partial charge in [-0.3, -0.25) is 14.9 Å². The van der Waals surface area contributed by atoms with E-state index in [0.29, 0.717) is 15.9 Å². The Labute approximate surface area is 186 Å². The molecule has 10 nitrogen and oxygen atoms in total. The van der Waals surface area contributed by atoms with Crippen molar-refractivity contribution in [1.82, 2.24) is 18.0 Å². The van der Waals surface area contributed by atoms with Gasteiger partial charge >= 0.3 is 0 Å². The van der Waals surface area contributed by atoms with E-state index in [2.05, 4.69) is 8.75 Å². The Morgan fingerprint density at radius 1 is 1.16 bits per heavy atom. The molecule has 1 aromatic heterocycles. The zero-order valence-electron chi connectivity index (χ0n) is 16.3. The quantitative estimate of drug-likeness (QED) is 0.310. The molecule has 162 valence electrons. The van der Waals surface area contributed by atoms with E-state index >= 15 is 0 Å². The summed E-state index contributed by atoms with van der Waals surface area (Å²) < 4.78 is 35.7. The zero-order chi connectivity index (χ0) is 22.2. The van der Waals surface area contributed by atoms with Crippen LogP contribution in [0.25, 0.3) is 11.0 Å². The van der Waals surface area contributed by atoms with Gasteiger partial charge < -0.3 is 4.90 Å². The minimum atomic E-state index is -3.79.